The fourth-order valence-corrected chi connectivity index (χ4v) is 2.94. The largest absolute Gasteiger partial charge is 0.355 e. The molecule has 2 rings (SSSR count). The van der Waals surface area contributed by atoms with Crippen LogP contribution in [-0.2, 0) is 4.79 Å². The van der Waals surface area contributed by atoms with E-state index >= 15 is 0 Å². The number of aromatic nitrogens is 1. The smallest absolute Gasteiger partial charge is 0.223 e. The lowest BCUT2D eigenvalue weighted by atomic mass is 9.89. The minimum Gasteiger partial charge on any atom is -0.355 e. The molecular weight excluding hydrogens is 250 g/mol. The summed E-state index contributed by atoms with van der Waals surface area (Å²) < 4.78 is 0. The Morgan fingerprint density at radius 1 is 1.50 bits per heavy atom. The van der Waals surface area contributed by atoms with Crippen LogP contribution in [0.25, 0.3) is 0 Å². The van der Waals surface area contributed by atoms with E-state index in [-0.39, 0.29) is 17.9 Å². The van der Waals surface area contributed by atoms with Gasteiger partial charge in [-0.15, -0.1) is 0 Å². The van der Waals surface area contributed by atoms with Crippen molar-refractivity contribution >= 4 is 5.91 Å². The van der Waals surface area contributed by atoms with Gasteiger partial charge in [0.15, 0.2) is 0 Å². The number of carbonyl (C=O) groups is 1. The van der Waals surface area contributed by atoms with Crippen molar-refractivity contribution in [3.05, 3.63) is 30.1 Å². The standard InChI is InChI=1S/C16H25N3O/c1-11(2)15(13-4-3-7-18-9-13)10-19-16(20)12-5-6-14(17)8-12/h3-4,7,9,11-12,14-15H,5-6,8,10,17H2,1-2H3,(H,19,20). The van der Waals surface area contributed by atoms with E-state index in [9.17, 15) is 4.79 Å². The van der Waals surface area contributed by atoms with Crippen molar-refractivity contribution in [2.75, 3.05) is 6.54 Å². The molecule has 3 N–H and O–H groups in total. The second-order valence-corrected chi connectivity index (χ2v) is 6.15. The molecule has 3 unspecified atom stereocenters. The van der Waals surface area contributed by atoms with Gasteiger partial charge in [-0.25, -0.2) is 0 Å². The summed E-state index contributed by atoms with van der Waals surface area (Å²) in [6.07, 6.45) is 6.38. The van der Waals surface area contributed by atoms with Crippen molar-refractivity contribution in [3.8, 4) is 0 Å². The summed E-state index contributed by atoms with van der Waals surface area (Å²) in [5, 5.41) is 3.10. The quantitative estimate of drug-likeness (QED) is 0.864. The SMILES string of the molecule is CC(C)C(CNC(=O)C1CCC(N)C1)c1cccnc1. The van der Waals surface area contributed by atoms with Crippen LogP contribution in [0.15, 0.2) is 24.5 Å². The van der Waals surface area contributed by atoms with Crippen LogP contribution in [-0.4, -0.2) is 23.5 Å². The maximum Gasteiger partial charge on any atom is 0.223 e. The van der Waals surface area contributed by atoms with Crippen molar-refractivity contribution in [3.63, 3.8) is 0 Å². The van der Waals surface area contributed by atoms with Gasteiger partial charge in [0, 0.05) is 36.8 Å². The molecule has 20 heavy (non-hydrogen) atoms. The highest BCUT2D eigenvalue weighted by molar-refractivity contribution is 5.79. The predicted octanol–water partition coefficient (Wildman–Crippen LogP) is 2.06. The van der Waals surface area contributed by atoms with Crippen LogP contribution in [0, 0.1) is 11.8 Å². The Morgan fingerprint density at radius 2 is 2.30 bits per heavy atom. The van der Waals surface area contributed by atoms with E-state index in [0.29, 0.717) is 18.4 Å². The van der Waals surface area contributed by atoms with Crippen LogP contribution in [0.5, 0.6) is 0 Å². The van der Waals surface area contributed by atoms with Crippen LogP contribution >= 0.6 is 0 Å². The van der Waals surface area contributed by atoms with E-state index in [1.54, 1.807) is 6.20 Å². The summed E-state index contributed by atoms with van der Waals surface area (Å²) >= 11 is 0. The Hall–Kier alpha value is -1.42. The van der Waals surface area contributed by atoms with E-state index in [1.807, 2.05) is 12.3 Å². The average Bonchev–Trinajstić information content (AvgIpc) is 2.86. The summed E-state index contributed by atoms with van der Waals surface area (Å²) in [4.78, 5) is 16.3. The maximum atomic E-state index is 12.2. The fraction of sp³-hybridized carbons (Fsp3) is 0.625. The molecule has 0 aliphatic heterocycles. The topological polar surface area (TPSA) is 68.0 Å². The van der Waals surface area contributed by atoms with Gasteiger partial charge in [0.25, 0.3) is 0 Å². The summed E-state index contributed by atoms with van der Waals surface area (Å²) in [6.45, 7) is 5.03. The van der Waals surface area contributed by atoms with Crippen molar-refractivity contribution in [2.45, 2.75) is 45.1 Å². The molecule has 4 nitrogen and oxygen atoms in total. The van der Waals surface area contributed by atoms with Crippen LogP contribution < -0.4 is 11.1 Å². The van der Waals surface area contributed by atoms with Gasteiger partial charge in [0.2, 0.25) is 5.91 Å². The molecule has 0 radical (unpaired) electrons. The highest BCUT2D eigenvalue weighted by Crippen LogP contribution is 2.26. The zero-order chi connectivity index (χ0) is 14.5. The van der Waals surface area contributed by atoms with Crippen molar-refractivity contribution in [1.82, 2.24) is 10.3 Å². The average molecular weight is 275 g/mol. The molecule has 1 aliphatic carbocycles. The van der Waals surface area contributed by atoms with E-state index in [0.717, 1.165) is 19.3 Å². The molecule has 1 aliphatic rings. The zero-order valence-corrected chi connectivity index (χ0v) is 12.4. The number of nitrogens with two attached hydrogens (primary N) is 1. The number of rotatable bonds is 5. The number of hydrogen-bond acceptors (Lipinski definition) is 3. The lowest BCUT2D eigenvalue weighted by Gasteiger charge is -2.22. The van der Waals surface area contributed by atoms with Gasteiger partial charge in [0.05, 0.1) is 0 Å². The first-order chi connectivity index (χ1) is 9.58. The highest BCUT2D eigenvalue weighted by Gasteiger charge is 2.28. The van der Waals surface area contributed by atoms with E-state index in [2.05, 4.69) is 30.2 Å². The Kier molecular flexibility index (Phi) is 5.12. The molecule has 1 fully saturated rings. The normalized spacial score (nSPS) is 23.8. The monoisotopic (exact) mass is 275 g/mol. The molecule has 1 amide bonds. The molecule has 0 spiro atoms. The second-order valence-electron chi connectivity index (χ2n) is 6.15. The van der Waals surface area contributed by atoms with Crippen LogP contribution in [0.4, 0.5) is 0 Å². The fourth-order valence-electron chi connectivity index (χ4n) is 2.94. The van der Waals surface area contributed by atoms with E-state index in [1.165, 1.54) is 5.56 Å². The number of amides is 1. The first kappa shape index (κ1) is 15.0. The number of hydrogen-bond donors (Lipinski definition) is 2. The Labute approximate surface area is 121 Å². The third-order valence-electron chi connectivity index (χ3n) is 4.26. The molecule has 4 heteroatoms. The molecule has 1 saturated carbocycles. The molecular formula is C16H25N3O. The Balaban J connectivity index is 1.91. The minimum absolute atomic E-state index is 0.103. The Bertz CT molecular complexity index is 433. The first-order valence-electron chi connectivity index (χ1n) is 7.51. The van der Waals surface area contributed by atoms with Crippen LogP contribution in [0.1, 0.15) is 44.6 Å². The van der Waals surface area contributed by atoms with Crippen LogP contribution in [0.2, 0.25) is 0 Å². The van der Waals surface area contributed by atoms with Crippen LogP contribution in [0.3, 0.4) is 0 Å². The van der Waals surface area contributed by atoms with Gasteiger partial charge in [0.1, 0.15) is 0 Å². The molecule has 110 valence electrons. The van der Waals surface area contributed by atoms with Crippen molar-refractivity contribution in [2.24, 2.45) is 17.6 Å². The van der Waals surface area contributed by atoms with Gasteiger partial charge in [-0.1, -0.05) is 19.9 Å². The summed E-state index contributed by atoms with van der Waals surface area (Å²) in [5.74, 6) is 1.03. The third kappa shape index (κ3) is 3.79. The van der Waals surface area contributed by atoms with Gasteiger partial charge < -0.3 is 11.1 Å². The molecule has 1 aromatic heterocycles. The van der Waals surface area contributed by atoms with Crippen molar-refractivity contribution < 1.29 is 4.79 Å². The van der Waals surface area contributed by atoms with E-state index < -0.39 is 0 Å². The molecule has 1 aromatic rings. The van der Waals surface area contributed by atoms with Gasteiger partial charge in [-0.3, -0.25) is 9.78 Å². The lowest BCUT2D eigenvalue weighted by Crippen LogP contribution is -2.34. The molecule has 1 heterocycles. The Morgan fingerprint density at radius 3 is 2.85 bits per heavy atom. The lowest BCUT2D eigenvalue weighted by molar-refractivity contribution is -0.124. The van der Waals surface area contributed by atoms with Crippen molar-refractivity contribution in [1.29, 1.82) is 0 Å². The summed E-state index contributed by atoms with van der Waals surface area (Å²) in [5.41, 5.74) is 7.06. The second kappa shape index (κ2) is 6.84. The minimum atomic E-state index is 0.103. The van der Waals surface area contributed by atoms with Gasteiger partial charge >= 0.3 is 0 Å². The van der Waals surface area contributed by atoms with Gasteiger partial charge in [-0.05, 0) is 36.8 Å². The zero-order valence-electron chi connectivity index (χ0n) is 12.4. The molecule has 3 atom stereocenters. The number of carbonyl (C=O) groups excluding carboxylic acids is 1. The summed E-state index contributed by atoms with van der Waals surface area (Å²) in [6, 6.07) is 4.22. The maximum absolute atomic E-state index is 12.2. The summed E-state index contributed by atoms with van der Waals surface area (Å²) in [7, 11) is 0. The van der Waals surface area contributed by atoms with Gasteiger partial charge in [-0.2, -0.15) is 0 Å². The molecule has 0 bridgehead atoms. The number of nitrogens with zero attached hydrogens (tertiary/aromatic N) is 1. The predicted molar refractivity (Wildman–Crippen MR) is 80.1 cm³/mol. The highest BCUT2D eigenvalue weighted by atomic mass is 16.1. The number of pyridine rings is 1. The molecule has 0 aromatic carbocycles. The number of nitrogens with one attached hydrogen (secondary N) is 1. The third-order valence-corrected chi connectivity index (χ3v) is 4.26. The first-order valence-corrected chi connectivity index (χ1v) is 7.51. The van der Waals surface area contributed by atoms with E-state index in [4.69, 9.17) is 5.73 Å². The molecule has 0 saturated heterocycles.